The minimum absolute atomic E-state index is 0.118. The number of aromatic nitrogens is 2. The summed E-state index contributed by atoms with van der Waals surface area (Å²) in [5.74, 6) is 0.383. The fourth-order valence-corrected chi connectivity index (χ4v) is 5.24. The molecule has 40 heavy (non-hydrogen) atoms. The third kappa shape index (κ3) is 5.98. The van der Waals surface area contributed by atoms with Gasteiger partial charge in [-0.25, -0.2) is 9.78 Å². The summed E-state index contributed by atoms with van der Waals surface area (Å²) in [6, 6.07) is 10.1. The monoisotopic (exact) mass is 542 g/mol. The molecule has 0 saturated carbocycles. The van der Waals surface area contributed by atoms with Crippen molar-refractivity contribution in [3.8, 4) is 11.6 Å². The second-order valence-electron chi connectivity index (χ2n) is 10.9. The number of ether oxygens (including phenoxy) is 1. The zero-order chi connectivity index (χ0) is 28.2. The first-order valence-electron chi connectivity index (χ1n) is 13.9. The second kappa shape index (κ2) is 11.9. The van der Waals surface area contributed by atoms with E-state index in [1.165, 1.54) is 0 Å². The second-order valence-corrected chi connectivity index (χ2v) is 10.9. The van der Waals surface area contributed by atoms with Crippen molar-refractivity contribution in [1.29, 1.82) is 0 Å². The lowest BCUT2D eigenvalue weighted by atomic mass is 10.0. The quantitative estimate of drug-likeness (QED) is 0.275. The van der Waals surface area contributed by atoms with Crippen molar-refractivity contribution in [2.45, 2.75) is 58.4 Å². The molecule has 9 nitrogen and oxygen atoms in total. The Labute approximate surface area is 232 Å². The van der Waals surface area contributed by atoms with Gasteiger partial charge in [-0.05, 0) is 60.4 Å². The SMILES string of the molecule is CC(C)Cc1cc2ccncc2c(Oc2ccc(C[C@H](Nc3c(N4CCCCCC4)c(=O)c3=O)C(=O)O)cc2)n1. The van der Waals surface area contributed by atoms with Gasteiger partial charge in [0, 0.05) is 37.6 Å². The molecule has 1 fully saturated rings. The summed E-state index contributed by atoms with van der Waals surface area (Å²) in [7, 11) is 0. The van der Waals surface area contributed by atoms with Gasteiger partial charge in [-0.2, -0.15) is 0 Å². The zero-order valence-corrected chi connectivity index (χ0v) is 22.9. The number of pyridine rings is 2. The maximum atomic E-state index is 12.4. The molecule has 5 rings (SSSR count). The lowest BCUT2D eigenvalue weighted by molar-refractivity contribution is -0.137. The number of nitrogens with one attached hydrogen (secondary N) is 1. The maximum Gasteiger partial charge on any atom is 0.326 e. The normalized spacial score (nSPS) is 14.8. The van der Waals surface area contributed by atoms with Crippen LogP contribution in [-0.4, -0.2) is 40.2 Å². The Balaban J connectivity index is 1.32. The van der Waals surface area contributed by atoms with Crippen LogP contribution in [0.25, 0.3) is 10.8 Å². The standard InChI is InChI=1S/C31H34N4O5/c1-19(2)15-22-17-21-11-12-32-18-24(21)30(33-22)40-23-9-7-20(8-10-23)16-25(31(38)39)34-26-27(29(37)28(26)36)35-13-5-3-4-6-14-35/h7-12,17-19,25,34H,3-6,13-16H2,1-2H3,(H,38,39)/t25-/m0/s1. The third-order valence-corrected chi connectivity index (χ3v) is 7.27. The first kappa shape index (κ1) is 27.3. The van der Waals surface area contributed by atoms with Gasteiger partial charge in [0.2, 0.25) is 5.88 Å². The molecule has 2 N–H and O–H groups in total. The highest BCUT2D eigenvalue weighted by atomic mass is 16.5. The van der Waals surface area contributed by atoms with E-state index in [1.54, 1.807) is 36.7 Å². The number of hydrogen-bond donors (Lipinski definition) is 2. The molecule has 2 aromatic carbocycles. The number of nitrogens with zero attached hydrogens (tertiary/aromatic N) is 3. The van der Waals surface area contributed by atoms with Crippen LogP contribution in [0.3, 0.4) is 0 Å². The Kier molecular flexibility index (Phi) is 8.09. The van der Waals surface area contributed by atoms with Crippen molar-refractivity contribution in [3.05, 3.63) is 80.5 Å². The van der Waals surface area contributed by atoms with Crippen molar-refractivity contribution in [2.75, 3.05) is 23.3 Å². The van der Waals surface area contributed by atoms with Gasteiger partial charge >= 0.3 is 5.97 Å². The number of anilines is 2. The predicted molar refractivity (Wildman–Crippen MR) is 155 cm³/mol. The van der Waals surface area contributed by atoms with E-state index < -0.39 is 22.9 Å². The van der Waals surface area contributed by atoms with Crippen LogP contribution in [0.5, 0.6) is 11.6 Å². The summed E-state index contributed by atoms with van der Waals surface area (Å²) in [4.78, 5) is 47.7. The molecular weight excluding hydrogens is 508 g/mol. The lowest BCUT2D eigenvalue weighted by Crippen LogP contribution is -2.46. The van der Waals surface area contributed by atoms with Crippen LogP contribution >= 0.6 is 0 Å². The van der Waals surface area contributed by atoms with Gasteiger partial charge in [-0.3, -0.25) is 14.6 Å². The smallest absolute Gasteiger partial charge is 0.326 e. The number of carboxylic acids is 1. The molecule has 1 aliphatic heterocycles. The highest BCUT2D eigenvalue weighted by Gasteiger charge is 2.30. The molecule has 0 spiro atoms. The first-order chi connectivity index (χ1) is 19.3. The van der Waals surface area contributed by atoms with Gasteiger partial charge in [0.25, 0.3) is 10.9 Å². The fraction of sp³-hybridized carbons (Fsp3) is 0.387. The van der Waals surface area contributed by atoms with E-state index in [0.29, 0.717) is 36.3 Å². The third-order valence-electron chi connectivity index (χ3n) is 7.27. The Bertz CT molecular complexity index is 1570. The number of carbonyl (C=O) groups is 1. The van der Waals surface area contributed by atoms with Crippen LogP contribution in [0.1, 0.15) is 50.8 Å². The summed E-state index contributed by atoms with van der Waals surface area (Å²) in [6.07, 6.45) is 8.47. The number of aliphatic carboxylic acids is 1. The number of benzene rings is 1. The topological polar surface area (TPSA) is 122 Å². The molecule has 1 aliphatic rings. The molecule has 3 heterocycles. The van der Waals surface area contributed by atoms with Crippen molar-refractivity contribution >= 4 is 28.1 Å². The van der Waals surface area contributed by atoms with E-state index in [-0.39, 0.29) is 12.1 Å². The molecule has 0 radical (unpaired) electrons. The Morgan fingerprint density at radius 2 is 1.75 bits per heavy atom. The van der Waals surface area contributed by atoms with Crippen molar-refractivity contribution < 1.29 is 14.6 Å². The van der Waals surface area contributed by atoms with E-state index in [9.17, 15) is 19.5 Å². The average Bonchev–Trinajstić information content (AvgIpc) is 3.21. The Hall–Kier alpha value is -4.27. The molecule has 4 aromatic rings. The molecule has 0 unspecified atom stereocenters. The summed E-state index contributed by atoms with van der Waals surface area (Å²) >= 11 is 0. The Morgan fingerprint density at radius 1 is 1.02 bits per heavy atom. The highest BCUT2D eigenvalue weighted by Crippen LogP contribution is 2.30. The summed E-state index contributed by atoms with van der Waals surface area (Å²) in [5.41, 5.74) is 0.943. The van der Waals surface area contributed by atoms with E-state index >= 15 is 0 Å². The fourth-order valence-electron chi connectivity index (χ4n) is 5.24. The molecule has 208 valence electrons. The molecule has 0 bridgehead atoms. The average molecular weight is 543 g/mol. The highest BCUT2D eigenvalue weighted by molar-refractivity contribution is 5.86. The van der Waals surface area contributed by atoms with E-state index in [1.807, 2.05) is 11.0 Å². The van der Waals surface area contributed by atoms with Gasteiger partial charge < -0.3 is 20.1 Å². The van der Waals surface area contributed by atoms with Gasteiger partial charge in [0.1, 0.15) is 23.2 Å². The lowest BCUT2D eigenvalue weighted by Gasteiger charge is -2.27. The van der Waals surface area contributed by atoms with Crippen molar-refractivity contribution in [2.24, 2.45) is 5.92 Å². The van der Waals surface area contributed by atoms with Crippen LogP contribution in [0.2, 0.25) is 0 Å². The molecule has 2 aromatic heterocycles. The van der Waals surface area contributed by atoms with Crippen LogP contribution in [0, 0.1) is 5.92 Å². The van der Waals surface area contributed by atoms with E-state index in [2.05, 4.69) is 30.2 Å². The van der Waals surface area contributed by atoms with E-state index in [0.717, 1.165) is 54.1 Å². The number of carboxylic acid groups (broad SMARTS) is 1. The zero-order valence-electron chi connectivity index (χ0n) is 22.9. The molecule has 1 atom stereocenters. The first-order valence-corrected chi connectivity index (χ1v) is 13.9. The van der Waals surface area contributed by atoms with Crippen LogP contribution < -0.4 is 25.8 Å². The Morgan fingerprint density at radius 3 is 2.42 bits per heavy atom. The molecule has 0 aliphatic carbocycles. The molecular formula is C31H34N4O5. The maximum absolute atomic E-state index is 12.4. The molecule has 9 heteroatoms. The van der Waals surface area contributed by atoms with Gasteiger partial charge in [0.15, 0.2) is 0 Å². The van der Waals surface area contributed by atoms with Crippen molar-refractivity contribution in [3.63, 3.8) is 0 Å². The van der Waals surface area contributed by atoms with Crippen LogP contribution in [-0.2, 0) is 17.6 Å². The molecule has 0 amide bonds. The largest absolute Gasteiger partial charge is 0.480 e. The van der Waals surface area contributed by atoms with Gasteiger partial charge in [0.05, 0.1) is 5.39 Å². The summed E-state index contributed by atoms with van der Waals surface area (Å²) in [5, 5.41) is 14.6. The van der Waals surface area contributed by atoms with Crippen LogP contribution in [0.4, 0.5) is 11.4 Å². The minimum Gasteiger partial charge on any atom is -0.480 e. The summed E-state index contributed by atoms with van der Waals surface area (Å²) < 4.78 is 6.15. The minimum atomic E-state index is -1.10. The van der Waals surface area contributed by atoms with Crippen LogP contribution in [0.15, 0.2) is 58.4 Å². The van der Waals surface area contributed by atoms with Crippen molar-refractivity contribution in [1.82, 2.24) is 9.97 Å². The predicted octanol–water partition coefficient (Wildman–Crippen LogP) is 4.70. The van der Waals surface area contributed by atoms with Gasteiger partial charge in [-0.1, -0.05) is 38.8 Å². The summed E-state index contributed by atoms with van der Waals surface area (Å²) in [6.45, 7) is 5.67. The molecule has 1 saturated heterocycles. The van der Waals surface area contributed by atoms with E-state index in [4.69, 9.17) is 9.72 Å². The number of rotatable bonds is 10. The van der Waals surface area contributed by atoms with Gasteiger partial charge in [-0.15, -0.1) is 0 Å². The number of hydrogen-bond acceptors (Lipinski definition) is 8. The number of fused-ring (bicyclic) bond motifs is 1.